The van der Waals surface area contributed by atoms with Gasteiger partial charge >= 0.3 is 0 Å². The Kier molecular flexibility index (Phi) is 4.08. The average Bonchev–Trinajstić information content (AvgIpc) is 3.30. The number of halogens is 1. The van der Waals surface area contributed by atoms with Gasteiger partial charge in [-0.1, -0.05) is 12.1 Å². The van der Waals surface area contributed by atoms with Crippen molar-refractivity contribution in [1.29, 1.82) is 0 Å². The van der Waals surface area contributed by atoms with Gasteiger partial charge in [0.05, 0.1) is 11.2 Å². The number of carbonyl (C=O) groups is 1. The molecule has 1 heterocycles. The summed E-state index contributed by atoms with van der Waals surface area (Å²) >= 11 is 0. The van der Waals surface area contributed by atoms with Crippen LogP contribution >= 0.6 is 0 Å². The van der Waals surface area contributed by atoms with E-state index in [1.54, 1.807) is 6.07 Å². The molecule has 1 aliphatic carbocycles. The minimum Gasteiger partial charge on any atom is -0.367 e. The highest BCUT2D eigenvalue weighted by atomic mass is 19.1. The molecule has 1 amide bonds. The molecular weight excluding hydrogens is 281 g/mol. The lowest BCUT2D eigenvalue weighted by atomic mass is 10.0. The average molecular weight is 305 g/mol. The van der Waals surface area contributed by atoms with E-state index in [0.29, 0.717) is 12.2 Å². The van der Waals surface area contributed by atoms with E-state index in [2.05, 4.69) is 5.32 Å². The topological polar surface area (TPSA) is 35.6 Å². The number of benzene rings is 1. The molecule has 1 aromatic carbocycles. The highest BCUT2D eigenvalue weighted by Crippen LogP contribution is 2.40. The first-order valence-corrected chi connectivity index (χ1v) is 8.01. The number of rotatable bonds is 4. The molecule has 1 saturated carbocycles. The van der Waals surface area contributed by atoms with Gasteiger partial charge in [-0.25, -0.2) is 4.39 Å². The number of anilines is 1. The van der Waals surface area contributed by atoms with Crippen molar-refractivity contribution >= 4 is 11.6 Å². The lowest BCUT2D eigenvalue weighted by Gasteiger charge is -2.36. The van der Waals surface area contributed by atoms with Crippen LogP contribution in [0.3, 0.4) is 0 Å². The van der Waals surface area contributed by atoms with Crippen molar-refractivity contribution < 1.29 is 9.18 Å². The Morgan fingerprint density at radius 3 is 2.73 bits per heavy atom. The summed E-state index contributed by atoms with van der Waals surface area (Å²) in [5.41, 5.74) is 0.329. The van der Waals surface area contributed by atoms with Crippen LogP contribution in [0.25, 0.3) is 0 Å². The lowest BCUT2D eigenvalue weighted by molar-refractivity contribution is -0.127. The number of nitrogens with zero attached hydrogens (tertiary/aromatic N) is 2. The van der Waals surface area contributed by atoms with Crippen molar-refractivity contribution in [1.82, 2.24) is 10.2 Å². The van der Waals surface area contributed by atoms with Gasteiger partial charge in [-0.15, -0.1) is 0 Å². The van der Waals surface area contributed by atoms with E-state index < -0.39 is 0 Å². The standard InChI is InChI=1S/C17H24FN3O/c1-20(2)17(9-10-17)16(22)19-13-6-5-11-21(12-13)15-8-4-3-7-14(15)18/h3-4,7-8,13H,5-6,9-12H2,1-2H3,(H,19,22). The Labute approximate surface area is 131 Å². The molecule has 22 heavy (non-hydrogen) atoms. The van der Waals surface area contributed by atoms with Crippen molar-refractivity contribution in [3.05, 3.63) is 30.1 Å². The van der Waals surface area contributed by atoms with Gasteiger partial charge in [-0.2, -0.15) is 0 Å². The smallest absolute Gasteiger partial charge is 0.240 e. The zero-order chi connectivity index (χ0) is 15.7. The molecule has 120 valence electrons. The zero-order valence-electron chi connectivity index (χ0n) is 13.3. The van der Waals surface area contributed by atoms with E-state index in [1.165, 1.54) is 6.07 Å². The van der Waals surface area contributed by atoms with E-state index >= 15 is 0 Å². The number of likely N-dealkylation sites (N-methyl/N-ethyl adjacent to an activating group) is 1. The summed E-state index contributed by atoms with van der Waals surface area (Å²) in [7, 11) is 3.91. The second-order valence-corrected chi connectivity index (χ2v) is 6.64. The van der Waals surface area contributed by atoms with E-state index in [9.17, 15) is 9.18 Å². The van der Waals surface area contributed by atoms with Gasteiger partial charge in [0.1, 0.15) is 5.82 Å². The molecule has 1 unspecified atom stereocenters. The number of nitrogens with one attached hydrogen (secondary N) is 1. The Morgan fingerprint density at radius 1 is 1.36 bits per heavy atom. The molecule has 0 bridgehead atoms. The number of para-hydroxylation sites is 1. The van der Waals surface area contributed by atoms with Crippen molar-refractivity contribution in [3.63, 3.8) is 0 Å². The van der Waals surface area contributed by atoms with Gasteiger partial charge in [0.2, 0.25) is 5.91 Å². The van der Waals surface area contributed by atoms with Gasteiger partial charge in [0, 0.05) is 19.1 Å². The third kappa shape index (κ3) is 2.82. The summed E-state index contributed by atoms with van der Waals surface area (Å²) in [6.45, 7) is 1.52. The second kappa shape index (κ2) is 5.88. The Morgan fingerprint density at radius 2 is 2.09 bits per heavy atom. The molecule has 1 aliphatic heterocycles. The summed E-state index contributed by atoms with van der Waals surface area (Å²) in [5.74, 6) is -0.0701. The quantitative estimate of drug-likeness (QED) is 0.924. The van der Waals surface area contributed by atoms with E-state index in [4.69, 9.17) is 0 Å². The van der Waals surface area contributed by atoms with Crippen LogP contribution in [-0.4, -0.2) is 49.6 Å². The highest BCUT2D eigenvalue weighted by Gasteiger charge is 2.52. The minimum absolute atomic E-state index is 0.0956. The Hall–Kier alpha value is -1.62. The Bertz CT molecular complexity index is 557. The summed E-state index contributed by atoms with van der Waals surface area (Å²) in [5, 5.41) is 3.18. The fourth-order valence-corrected chi connectivity index (χ4v) is 3.34. The second-order valence-electron chi connectivity index (χ2n) is 6.64. The van der Waals surface area contributed by atoms with E-state index in [1.807, 2.05) is 36.0 Å². The van der Waals surface area contributed by atoms with E-state index in [0.717, 1.165) is 32.2 Å². The molecule has 0 spiro atoms. The molecule has 1 atom stereocenters. The minimum atomic E-state index is -0.305. The number of hydrogen-bond donors (Lipinski definition) is 1. The molecule has 0 radical (unpaired) electrons. The summed E-state index contributed by atoms with van der Waals surface area (Å²) in [6, 6.07) is 6.95. The first-order chi connectivity index (χ1) is 10.5. The lowest BCUT2D eigenvalue weighted by Crippen LogP contribution is -2.54. The zero-order valence-corrected chi connectivity index (χ0v) is 13.3. The van der Waals surface area contributed by atoms with Crippen LogP contribution in [-0.2, 0) is 4.79 Å². The third-order valence-corrected chi connectivity index (χ3v) is 4.95. The van der Waals surface area contributed by atoms with Crippen LogP contribution in [0.15, 0.2) is 24.3 Å². The summed E-state index contributed by atoms with van der Waals surface area (Å²) < 4.78 is 13.9. The van der Waals surface area contributed by atoms with Crippen LogP contribution in [0.1, 0.15) is 25.7 Å². The molecular formula is C17H24FN3O. The summed E-state index contributed by atoms with van der Waals surface area (Å²) in [6.07, 6.45) is 3.78. The molecule has 0 aromatic heterocycles. The van der Waals surface area contributed by atoms with Crippen LogP contribution in [0.5, 0.6) is 0 Å². The maximum Gasteiger partial charge on any atom is 0.240 e. The van der Waals surface area contributed by atoms with Crippen LogP contribution in [0, 0.1) is 5.82 Å². The Balaban J connectivity index is 1.64. The van der Waals surface area contributed by atoms with Crippen molar-refractivity contribution in [2.75, 3.05) is 32.1 Å². The van der Waals surface area contributed by atoms with Crippen LogP contribution in [0.4, 0.5) is 10.1 Å². The first kappa shape index (κ1) is 15.3. The number of amides is 1. The van der Waals surface area contributed by atoms with Crippen LogP contribution in [0.2, 0.25) is 0 Å². The van der Waals surface area contributed by atoms with Crippen LogP contribution < -0.4 is 10.2 Å². The molecule has 2 aliphatic rings. The predicted octanol–water partition coefficient (Wildman–Crippen LogP) is 2.00. The van der Waals surface area contributed by atoms with Gasteiger partial charge in [0.15, 0.2) is 0 Å². The first-order valence-electron chi connectivity index (χ1n) is 8.01. The SMILES string of the molecule is CN(C)C1(C(=O)NC2CCCN(c3ccccc3F)C2)CC1. The van der Waals surface area contributed by atoms with Gasteiger partial charge < -0.3 is 10.2 Å². The van der Waals surface area contributed by atoms with Gasteiger partial charge in [-0.05, 0) is 51.9 Å². The molecule has 4 nitrogen and oxygen atoms in total. The molecule has 2 fully saturated rings. The van der Waals surface area contributed by atoms with Gasteiger partial charge in [0.25, 0.3) is 0 Å². The number of hydrogen-bond acceptors (Lipinski definition) is 3. The van der Waals surface area contributed by atoms with Crippen molar-refractivity contribution in [2.24, 2.45) is 0 Å². The van der Waals surface area contributed by atoms with Gasteiger partial charge in [-0.3, -0.25) is 9.69 Å². The molecule has 1 N–H and O–H groups in total. The molecule has 5 heteroatoms. The van der Waals surface area contributed by atoms with Crippen molar-refractivity contribution in [3.8, 4) is 0 Å². The van der Waals surface area contributed by atoms with Crippen molar-refractivity contribution in [2.45, 2.75) is 37.3 Å². The summed E-state index contributed by atoms with van der Waals surface area (Å²) in [4.78, 5) is 16.6. The largest absolute Gasteiger partial charge is 0.367 e. The predicted molar refractivity (Wildman–Crippen MR) is 85.4 cm³/mol. The molecule has 3 rings (SSSR count). The monoisotopic (exact) mass is 305 g/mol. The maximum atomic E-state index is 13.9. The van der Waals surface area contributed by atoms with E-state index in [-0.39, 0.29) is 23.3 Å². The molecule has 1 aromatic rings. The highest BCUT2D eigenvalue weighted by molar-refractivity contribution is 5.89. The normalized spacial score (nSPS) is 23.5. The fourth-order valence-electron chi connectivity index (χ4n) is 3.34. The number of piperidine rings is 1. The molecule has 1 saturated heterocycles. The number of carbonyl (C=O) groups excluding carboxylic acids is 1. The fraction of sp³-hybridized carbons (Fsp3) is 0.588. The maximum absolute atomic E-state index is 13.9. The third-order valence-electron chi connectivity index (χ3n) is 4.95.